The van der Waals surface area contributed by atoms with Gasteiger partial charge in [-0.2, -0.15) is 0 Å². The molecule has 0 saturated heterocycles. The molecule has 5 heteroatoms. The van der Waals surface area contributed by atoms with Crippen LogP contribution in [0.2, 0.25) is 0 Å². The third-order valence-corrected chi connectivity index (χ3v) is 2.40. The Balaban J connectivity index is 3.12. The van der Waals surface area contributed by atoms with E-state index in [4.69, 9.17) is 23.2 Å². The van der Waals surface area contributed by atoms with E-state index in [0.29, 0.717) is 0 Å². The van der Waals surface area contributed by atoms with E-state index in [0.717, 1.165) is 6.92 Å². The summed E-state index contributed by atoms with van der Waals surface area (Å²) in [4.78, 5) is 32.9. The molecular weight excluding hydrogens is 203 g/mol. The predicted molar refractivity (Wildman–Crippen MR) is 42.9 cm³/mol. The average Bonchev–Trinajstić information content (AvgIpc) is 2.16. The summed E-state index contributed by atoms with van der Waals surface area (Å²) in [7, 11) is 0. The number of hydrogen-bond acceptors (Lipinski definition) is 3. The highest BCUT2D eigenvalue weighted by Crippen LogP contribution is 2.30. The second-order valence-electron chi connectivity index (χ2n) is 2.40. The van der Waals surface area contributed by atoms with Crippen LogP contribution in [0.25, 0.3) is 0 Å². The molecule has 1 aliphatic carbocycles. The van der Waals surface area contributed by atoms with Crippen LogP contribution in [-0.4, -0.2) is 17.3 Å². The largest absolute Gasteiger partial charge is 0.299 e. The van der Waals surface area contributed by atoms with E-state index >= 15 is 0 Å². The number of carbonyl (C=O) groups is 3. The van der Waals surface area contributed by atoms with Crippen LogP contribution in [0.15, 0.2) is 10.1 Å². The average molecular weight is 207 g/mol. The zero-order chi connectivity index (χ0) is 9.46. The normalized spacial score (nSPS) is 19.2. The second-order valence-corrected chi connectivity index (χ2v) is 3.16. The molecule has 1 aliphatic rings. The topological polar surface area (TPSA) is 51.2 Å². The van der Waals surface area contributed by atoms with Gasteiger partial charge in [0, 0.05) is 0 Å². The Morgan fingerprint density at radius 2 is 1.50 bits per heavy atom. The van der Waals surface area contributed by atoms with Gasteiger partial charge in [0.05, 0.1) is 0 Å². The minimum atomic E-state index is -1.30. The van der Waals surface area contributed by atoms with Crippen molar-refractivity contribution in [1.82, 2.24) is 0 Å². The predicted octanol–water partition coefficient (Wildman–Crippen LogP) is 1.03. The van der Waals surface area contributed by atoms with Gasteiger partial charge in [-0.25, -0.2) is 0 Å². The number of hydrogen-bond donors (Lipinski definition) is 0. The Morgan fingerprint density at radius 1 is 1.17 bits per heavy atom. The highest BCUT2D eigenvalue weighted by atomic mass is 35.5. The Morgan fingerprint density at radius 3 is 1.67 bits per heavy atom. The van der Waals surface area contributed by atoms with Crippen molar-refractivity contribution < 1.29 is 14.4 Å². The zero-order valence-corrected chi connectivity index (χ0v) is 7.57. The third kappa shape index (κ3) is 1.19. The molecule has 0 aliphatic heterocycles. The fourth-order valence-electron chi connectivity index (χ4n) is 0.958. The van der Waals surface area contributed by atoms with Crippen LogP contribution in [0.1, 0.15) is 6.92 Å². The van der Waals surface area contributed by atoms with Crippen LogP contribution in [0.5, 0.6) is 0 Å². The molecule has 0 fully saturated rings. The van der Waals surface area contributed by atoms with Crippen molar-refractivity contribution in [2.45, 2.75) is 6.92 Å². The number of rotatable bonds is 1. The van der Waals surface area contributed by atoms with Crippen molar-refractivity contribution in [3.8, 4) is 0 Å². The van der Waals surface area contributed by atoms with Crippen molar-refractivity contribution in [2.75, 3.05) is 0 Å². The van der Waals surface area contributed by atoms with Crippen molar-refractivity contribution in [2.24, 2.45) is 5.92 Å². The van der Waals surface area contributed by atoms with E-state index in [2.05, 4.69) is 0 Å². The molecule has 12 heavy (non-hydrogen) atoms. The van der Waals surface area contributed by atoms with E-state index in [1.165, 1.54) is 0 Å². The lowest BCUT2D eigenvalue weighted by molar-refractivity contribution is -0.134. The van der Waals surface area contributed by atoms with Crippen LogP contribution < -0.4 is 0 Å². The van der Waals surface area contributed by atoms with Crippen molar-refractivity contribution in [1.29, 1.82) is 0 Å². The number of carbonyl (C=O) groups excluding carboxylic acids is 3. The van der Waals surface area contributed by atoms with Crippen molar-refractivity contribution in [3.63, 3.8) is 0 Å². The van der Waals surface area contributed by atoms with Gasteiger partial charge in [-0.05, 0) is 6.92 Å². The molecule has 0 bridgehead atoms. The number of ketones is 3. The summed E-state index contributed by atoms with van der Waals surface area (Å²) in [5.41, 5.74) is 0. The fraction of sp³-hybridized carbons (Fsp3) is 0.286. The van der Waals surface area contributed by atoms with E-state index in [-0.39, 0.29) is 10.1 Å². The summed E-state index contributed by atoms with van der Waals surface area (Å²) in [6, 6.07) is 0. The van der Waals surface area contributed by atoms with Crippen molar-refractivity contribution in [3.05, 3.63) is 10.1 Å². The highest BCUT2D eigenvalue weighted by Gasteiger charge is 2.42. The fourth-order valence-corrected chi connectivity index (χ4v) is 1.36. The number of Topliss-reactive ketones (excluding diaryl/α,β-unsaturated/α-hetero) is 3. The van der Waals surface area contributed by atoms with Gasteiger partial charge in [-0.1, -0.05) is 23.2 Å². The van der Waals surface area contributed by atoms with E-state index in [1.54, 1.807) is 0 Å². The maximum Gasteiger partial charge on any atom is 0.194 e. The van der Waals surface area contributed by atoms with E-state index < -0.39 is 23.3 Å². The van der Waals surface area contributed by atoms with Crippen LogP contribution in [0.4, 0.5) is 0 Å². The first-order valence-corrected chi connectivity index (χ1v) is 3.86. The molecule has 0 unspecified atom stereocenters. The first-order chi connectivity index (χ1) is 5.46. The van der Waals surface area contributed by atoms with E-state index in [9.17, 15) is 14.4 Å². The molecule has 3 nitrogen and oxygen atoms in total. The minimum Gasteiger partial charge on any atom is -0.299 e. The SMILES string of the molecule is CC(=O)C1C(=O)C(Cl)=C(Cl)C1=O. The molecule has 0 spiro atoms. The summed E-state index contributed by atoms with van der Waals surface area (Å²) in [5.74, 6) is -3.22. The zero-order valence-electron chi connectivity index (χ0n) is 6.06. The Hall–Kier alpha value is -0.670. The lowest BCUT2D eigenvalue weighted by atomic mass is 10.0. The van der Waals surface area contributed by atoms with Gasteiger partial charge >= 0.3 is 0 Å². The number of halogens is 2. The van der Waals surface area contributed by atoms with Gasteiger partial charge in [0.15, 0.2) is 11.6 Å². The lowest BCUT2D eigenvalue weighted by Crippen LogP contribution is -2.24. The molecular formula is C7H4Cl2O3. The molecule has 0 radical (unpaired) electrons. The molecule has 0 saturated carbocycles. The Kier molecular flexibility index (Phi) is 2.35. The lowest BCUT2D eigenvalue weighted by Gasteiger charge is -1.99. The molecule has 64 valence electrons. The quantitative estimate of drug-likeness (QED) is 0.603. The smallest absolute Gasteiger partial charge is 0.194 e. The monoisotopic (exact) mass is 206 g/mol. The summed E-state index contributed by atoms with van der Waals surface area (Å²) in [6.07, 6.45) is 0. The van der Waals surface area contributed by atoms with Gasteiger partial charge < -0.3 is 0 Å². The summed E-state index contributed by atoms with van der Waals surface area (Å²) in [6.45, 7) is 1.15. The summed E-state index contributed by atoms with van der Waals surface area (Å²) < 4.78 is 0. The highest BCUT2D eigenvalue weighted by molar-refractivity contribution is 6.61. The van der Waals surface area contributed by atoms with Gasteiger partial charge in [0.1, 0.15) is 21.8 Å². The minimum absolute atomic E-state index is 0.332. The molecule has 0 aromatic rings. The van der Waals surface area contributed by atoms with Crippen LogP contribution >= 0.6 is 23.2 Å². The molecule has 0 aromatic heterocycles. The summed E-state index contributed by atoms with van der Waals surface area (Å²) in [5, 5.41) is -0.663. The first-order valence-electron chi connectivity index (χ1n) is 3.11. The molecule has 0 aromatic carbocycles. The van der Waals surface area contributed by atoms with Gasteiger partial charge in [0.25, 0.3) is 0 Å². The maximum absolute atomic E-state index is 11.1. The Bertz CT molecular complexity index is 293. The molecule has 0 atom stereocenters. The van der Waals surface area contributed by atoms with Gasteiger partial charge in [-0.3, -0.25) is 14.4 Å². The molecule has 0 heterocycles. The molecule has 0 amide bonds. The third-order valence-electron chi connectivity index (χ3n) is 1.56. The summed E-state index contributed by atoms with van der Waals surface area (Å²) >= 11 is 10.7. The van der Waals surface area contributed by atoms with Crippen LogP contribution in [-0.2, 0) is 14.4 Å². The maximum atomic E-state index is 11.1. The standard InChI is InChI=1S/C7H4Cl2O3/c1-2(10)3-6(11)4(8)5(9)7(3)12/h3H,1H3. The van der Waals surface area contributed by atoms with Crippen molar-refractivity contribution >= 4 is 40.6 Å². The first kappa shape index (κ1) is 9.42. The number of allylic oxidation sites excluding steroid dienone is 2. The van der Waals surface area contributed by atoms with Gasteiger partial charge in [-0.15, -0.1) is 0 Å². The van der Waals surface area contributed by atoms with Crippen LogP contribution in [0, 0.1) is 5.92 Å². The van der Waals surface area contributed by atoms with E-state index in [1.807, 2.05) is 0 Å². The van der Waals surface area contributed by atoms with Gasteiger partial charge in [0.2, 0.25) is 0 Å². The molecule has 1 rings (SSSR count). The Labute approximate surface area is 78.3 Å². The second kappa shape index (κ2) is 2.99. The van der Waals surface area contributed by atoms with Crippen LogP contribution in [0.3, 0.4) is 0 Å². The molecule has 0 N–H and O–H groups in total.